The van der Waals surface area contributed by atoms with E-state index < -0.39 is 0 Å². The molecule has 0 aliphatic rings. The Labute approximate surface area is 116 Å². The van der Waals surface area contributed by atoms with Gasteiger partial charge in [0.05, 0.1) is 0 Å². The normalized spacial score (nSPS) is 11.8. The maximum Gasteiger partial charge on any atom is 0.185 e. The molecule has 0 aliphatic carbocycles. The highest BCUT2D eigenvalue weighted by Crippen LogP contribution is 2.25. The van der Waals surface area contributed by atoms with Gasteiger partial charge in [0, 0.05) is 36.2 Å². The molecule has 1 N–H and O–H groups in total. The predicted octanol–water partition coefficient (Wildman–Crippen LogP) is 3.51. The minimum Gasteiger partial charge on any atom is -0.345 e. The lowest BCUT2D eigenvalue weighted by Crippen LogP contribution is -2.33. The van der Waals surface area contributed by atoms with Crippen LogP contribution in [0, 0.1) is 5.92 Å². The summed E-state index contributed by atoms with van der Waals surface area (Å²) in [6, 6.07) is 1.02. The number of hydrogen-bond donors (Lipinski definition) is 1. The highest BCUT2D eigenvalue weighted by molar-refractivity contribution is 7.15. The van der Waals surface area contributed by atoms with Gasteiger partial charge in [0.25, 0.3) is 0 Å². The van der Waals surface area contributed by atoms with Crippen LogP contribution in [0.15, 0.2) is 6.20 Å². The van der Waals surface area contributed by atoms with Gasteiger partial charge in [-0.2, -0.15) is 0 Å². The quantitative estimate of drug-likeness (QED) is 0.821. The van der Waals surface area contributed by atoms with Crippen LogP contribution in [0.3, 0.4) is 0 Å². The molecule has 1 aromatic rings. The molecule has 4 heteroatoms. The summed E-state index contributed by atoms with van der Waals surface area (Å²) >= 11 is 1.81. The summed E-state index contributed by atoms with van der Waals surface area (Å²) in [4.78, 5) is 8.28. The van der Waals surface area contributed by atoms with Crippen molar-refractivity contribution < 1.29 is 0 Å². The van der Waals surface area contributed by atoms with Crippen LogP contribution < -0.4 is 10.2 Å². The molecule has 1 heterocycles. The Morgan fingerprint density at radius 1 is 1.22 bits per heavy atom. The number of nitrogens with one attached hydrogen (secondary N) is 1. The van der Waals surface area contributed by atoms with Gasteiger partial charge < -0.3 is 10.2 Å². The summed E-state index contributed by atoms with van der Waals surface area (Å²) in [5.41, 5.74) is 0. The van der Waals surface area contributed by atoms with Crippen molar-refractivity contribution in [3.05, 3.63) is 11.1 Å². The highest BCUT2D eigenvalue weighted by Gasteiger charge is 2.15. The van der Waals surface area contributed by atoms with Crippen LogP contribution in [0.5, 0.6) is 0 Å². The lowest BCUT2D eigenvalue weighted by molar-refractivity contribution is 0.570. The van der Waals surface area contributed by atoms with Gasteiger partial charge in [0.1, 0.15) is 0 Å². The molecular weight excluding hydrogens is 242 g/mol. The van der Waals surface area contributed by atoms with E-state index in [9.17, 15) is 0 Å². The number of nitrogens with zero attached hydrogens (tertiary/aromatic N) is 2. The zero-order valence-electron chi connectivity index (χ0n) is 12.5. The molecule has 1 rings (SSSR count). The summed E-state index contributed by atoms with van der Waals surface area (Å²) in [7, 11) is 0. The molecule has 0 atom stereocenters. The van der Waals surface area contributed by atoms with Crippen molar-refractivity contribution in [3.63, 3.8) is 0 Å². The minimum absolute atomic E-state index is 0.504. The minimum atomic E-state index is 0.504. The Morgan fingerprint density at radius 2 is 1.89 bits per heavy atom. The van der Waals surface area contributed by atoms with Crippen molar-refractivity contribution >= 4 is 16.5 Å². The highest BCUT2D eigenvalue weighted by atomic mass is 32.1. The predicted molar refractivity (Wildman–Crippen MR) is 81.4 cm³/mol. The first-order valence-electron chi connectivity index (χ1n) is 6.84. The number of hydrogen-bond acceptors (Lipinski definition) is 4. The van der Waals surface area contributed by atoms with Crippen molar-refractivity contribution in [3.8, 4) is 0 Å². The van der Waals surface area contributed by atoms with Crippen molar-refractivity contribution in [1.29, 1.82) is 0 Å². The summed E-state index contributed by atoms with van der Waals surface area (Å²) in [5.74, 6) is 0.661. The van der Waals surface area contributed by atoms with Gasteiger partial charge in [-0.15, -0.1) is 11.3 Å². The molecule has 0 aliphatic heterocycles. The van der Waals surface area contributed by atoms with Crippen molar-refractivity contribution in [1.82, 2.24) is 10.3 Å². The summed E-state index contributed by atoms with van der Waals surface area (Å²) in [6.45, 7) is 15.3. The Balaban J connectivity index is 2.68. The van der Waals surface area contributed by atoms with Gasteiger partial charge in [-0.05, 0) is 19.8 Å². The summed E-state index contributed by atoms with van der Waals surface area (Å²) in [5, 5.41) is 4.59. The van der Waals surface area contributed by atoms with Crippen LogP contribution >= 0.6 is 11.3 Å². The van der Waals surface area contributed by atoms with Gasteiger partial charge in [0.15, 0.2) is 5.13 Å². The van der Waals surface area contributed by atoms with Crippen LogP contribution in [-0.2, 0) is 6.54 Å². The molecule has 0 saturated heterocycles. The molecule has 0 unspecified atom stereocenters. The maximum atomic E-state index is 4.57. The molecular formula is C14H27N3S. The summed E-state index contributed by atoms with van der Waals surface area (Å²) < 4.78 is 0. The van der Waals surface area contributed by atoms with Gasteiger partial charge in [-0.1, -0.05) is 27.7 Å². The maximum absolute atomic E-state index is 4.57. The number of aromatic nitrogens is 1. The Hall–Kier alpha value is -0.610. The van der Waals surface area contributed by atoms with E-state index >= 15 is 0 Å². The third-order valence-corrected chi connectivity index (χ3v) is 3.69. The second kappa shape index (κ2) is 7.10. The zero-order valence-corrected chi connectivity index (χ0v) is 13.3. The van der Waals surface area contributed by atoms with Gasteiger partial charge in [0.2, 0.25) is 0 Å². The average molecular weight is 269 g/mol. The van der Waals surface area contributed by atoms with E-state index in [1.807, 2.05) is 6.20 Å². The number of rotatable bonds is 7. The SMILES string of the molecule is CC(C)CN(c1ncc(CNC(C)C)s1)C(C)C. The second-order valence-corrected chi connectivity index (χ2v) is 6.88. The molecule has 0 saturated carbocycles. The van der Waals surface area contributed by atoms with Crippen molar-refractivity contribution in [2.24, 2.45) is 5.92 Å². The van der Waals surface area contributed by atoms with Gasteiger partial charge >= 0.3 is 0 Å². The molecule has 1 aromatic heterocycles. The van der Waals surface area contributed by atoms with Gasteiger partial charge in [-0.25, -0.2) is 4.98 Å². The molecule has 0 aromatic carbocycles. The fourth-order valence-corrected chi connectivity index (χ4v) is 2.72. The molecule has 0 radical (unpaired) electrons. The topological polar surface area (TPSA) is 28.2 Å². The van der Waals surface area contributed by atoms with E-state index in [1.165, 1.54) is 4.88 Å². The van der Waals surface area contributed by atoms with Crippen LogP contribution in [0.2, 0.25) is 0 Å². The third-order valence-electron chi connectivity index (χ3n) is 2.66. The molecule has 0 amide bonds. The van der Waals surface area contributed by atoms with Gasteiger partial charge in [-0.3, -0.25) is 0 Å². The summed E-state index contributed by atoms with van der Waals surface area (Å²) in [6.07, 6.45) is 2.01. The molecule has 3 nitrogen and oxygen atoms in total. The first kappa shape index (κ1) is 15.4. The Bertz CT molecular complexity index is 345. The van der Waals surface area contributed by atoms with Crippen LogP contribution in [0.25, 0.3) is 0 Å². The monoisotopic (exact) mass is 269 g/mol. The van der Waals surface area contributed by atoms with Crippen LogP contribution in [0.4, 0.5) is 5.13 Å². The van der Waals surface area contributed by atoms with E-state index in [1.54, 1.807) is 11.3 Å². The zero-order chi connectivity index (χ0) is 13.7. The Morgan fingerprint density at radius 3 is 2.39 bits per heavy atom. The van der Waals surface area contributed by atoms with Crippen LogP contribution in [-0.4, -0.2) is 23.6 Å². The first-order chi connectivity index (χ1) is 8.40. The Kier molecular flexibility index (Phi) is 6.09. The number of thiazole rings is 1. The van der Waals surface area contributed by atoms with Crippen LogP contribution in [0.1, 0.15) is 46.4 Å². The van der Waals surface area contributed by atoms with E-state index in [2.05, 4.69) is 56.7 Å². The second-order valence-electron chi connectivity index (χ2n) is 5.78. The third kappa shape index (κ3) is 4.94. The first-order valence-corrected chi connectivity index (χ1v) is 7.66. The molecule has 0 fully saturated rings. The van der Waals surface area contributed by atoms with Crippen molar-refractivity contribution in [2.75, 3.05) is 11.4 Å². The van der Waals surface area contributed by atoms with E-state index in [0.29, 0.717) is 18.0 Å². The lowest BCUT2D eigenvalue weighted by Gasteiger charge is -2.27. The lowest BCUT2D eigenvalue weighted by atomic mass is 10.2. The fourth-order valence-electron chi connectivity index (χ4n) is 1.72. The standard InChI is InChI=1S/C14H27N3S/c1-10(2)9-17(12(5)6)14-16-8-13(18-14)7-15-11(3)4/h8,10-12,15H,7,9H2,1-6H3. The molecule has 0 spiro atoms. The number of anilines is 1. The average Bonchev–Trinajstić information content (AvgIpc) is 2.70. The van der Waals surface area contributed by atoms with Crippen molar-refractivity contribution in [2.45, 2.75) is 60.2 Å². The fraction of sp³-hybridized carbons (Fsp3) is 0.786. The van der Waals surface area contributed by atoms with E-state index in [0.717, 1.165) is 18.2 Å². The van der Waals surface area contributed by atoms with E-state index in [-0.39, 0.29) is 0 Å². The smallest absolute Gasteiger partial charge is 0.185 e. The molecule has 0 bridgehead atoms. The molecule has 104 valence electrons. The molecule has 18 heavy (non-hydrogen) atoms. The van der Waals surface area contributed by atoms with E-state index in [4.69, 9.17) is 0 Å². The largest absolute Gasteiger partial charge is 0.345 e.